The summed E-state index contributed by atoms with van der Waals surface area (Å²) in [5.74, 6) is 0.899. The summed E-state index contributed by atoms with van der Waals surface area (Å²) in [6, 6.07) is 5.72. The number of anilines is 1. The molecule has 2 N–H and O–H groups in total. The summed E-state index contributed by atoms with van der Waals surface area (Å²) in [4.78, 5) is 23.5. The molecule has 0 spiro atoms. The molecule has 102 valence electrons. The molecule has 20 heavy (non-hydrogen) atoms. The van der Waals surface area contributed by atoms with Gasteiger partial charge in [-0.15, -0.1) is 22.7 Å². The average molecular weight is 321 g/mol. The Bertz CT molecular complexity index is 778. The molecule has 0 aliphatic heterocycles. The maximum atomic E-state index is 12.0. The molecule has 0 aliphatic carbocycles. The van der Waals surface area contributed by atoms with Gasteiger partial charge in [-0.05, 0) is 30.5 Å². The summed E-state index contributed by atoms with van der Waals surface area (Å²) in [7, 11) is 0. The minimum Gasteiger partial charge on any atom is -0.383 e. The van der Waals surface area contributed by atoms with Crippen LogP contribution in [0.2, 0.25) is 0 Å². The minimum absolute atomic E-state index is 0.0987. The Morgan fingerprint density at radius 1 is 1.35 bits per heavy atom. The number of ketones is 1. The number of aromatic nitrogens is 2. The zero-order valence-corrected chi connectivity index (χ0v) is 13.1. The highest BCUT2D eigenvalue weighted by atomic mass is 32.2. The first-order valence-electron chi connectivity index (χ1n) is 5.86. The van der Waals surface area contributed by atoms with Crippen molar-refractivity contribution in [3.8, 4) is 0 Å². The van der Waals surface area contributed by atoms with Crippen molar-refractivity contribution in [3.63, 3.8) is 0 Å². The first kappa shape index (κ1) is 13.5. The van der Waals surface area contributed by atoms with E-state index in [1.165, 1.54) is 34.4 Å². The Balaban J connectivity index is 1.75. The molecule has 0 fully saturated rings. The second kappa shape index (κ2) is 5.51. The number of Topliss-reactive ketones (excluding diaryl/α,β-unsaturated/α-hetero) is 1. The molecule has 0 saturated carbocycles. The molecule has 3 rings (SSSR count). The van der Waals surface area contributed by atoms with Crippen LogP contribution in [0.1, 0.15) is 14.5 Å². The maximum Gasteiger partial charge on any atom is 0.191 e. The number of carbonyl (C=O) groups is 1. The molecule has 0 aromatic carbocycles. The maximum absolute atomic E-state index is 12.0. The highest BCUT2D eigenvalue weighted by molar-refractivity contribution is 7.99. The number of rotatable bonds is 4. The molecule has 0 bridgehead atoms. The number of fused-ring (bicyclic) bond motifs is 1. The summed E-state index contributed by atoms with van der Waals surface area (Å²) in [6.07, 6.45) is 0. The monoisotopic (exact) mass is 321 g/mol. The Morgan fingerprint density at radius 2 is 2.20 bits per heavy atom. The van der Waals surface area contributed by atoms with Gasteiger partial charge >= 0.3 is 0 Å². The number of nitrogens with zero attached hydrogens (tertiary/aromatic N) is 2. The van der Waals surface area contributed by atoms with E-state index in [-0.39, 0.29) is 5.78 Å². The Hall–Kier alpha value is -1.44. The molecule has 0 saturated heterocycles. The standard InChI is InChI=1S/C13H11N3OS3/c1-7-2-3-10(20-7)9(17)6-19-13-15-11(14)8-4-5-18-12(8)16-13/h2-5H,6H2,1H3,(H2,14,15,16). The van der Waals surface area contributed by atoms with E-state index >= 15 is 0 Å². The molecule has 0 unspecified atom stereocenters. The fraction of sp³-hybridized carbons (Fsp3) is 0.154. The van der Waals surface area contributed by atoms with E-state index in [4.69, 9.17) is 5.73 Å². The number of hydrogen-bond donors (Lipinski definition) is 1. The first-order chi connectivity index (χ1) is 9.63. The second-order valence-electron chi connectivity index (χ2n) is 4.15. The molecule has 3 aromatic rings. The van der Waals surface area contributed by atoms with E-state index in [2.05, 4.69) is 9.97 Å². The summed E-state index contributed by atoms with van der Waals surface area (Å²) in [5, 5.41) is 3.36. The molecular formula is C13H11N3OS3. The molecule has 0 radical (unpaired) electrons. The third-order valence-corrected chi connectivity index (χ3v) is 5.38. The van der Waals surface area contributed by atoms with Crippen molar-refractivity contribution < 1.29 is 4.79 Å². The fourth-order valence-corrected chi connectivity index (χ4v) is 4.17. The van der Waals surface area contributed by atoms with Crippen molar-refractivity contribution >= 4 is 56.3 Å². The van der Waals surface area contributed by atoms with Crippen molar-refractivity contribution in [1.82, 2.24) is 9.97 Å². The first-order valence-corrected chi connectivity index (χ1v) is 8.55. The van der Waals surface area contributed by atoms with Gasteiger partial charge in [0.1, 0.15) is 10.6 Å². The van der Waals surface area contributed by atoms with Gasteiger partial charge in [0.05, 0.1) is 16.0 Å². The molecule has 7 heteroatoms. The predicted octanol–water partition coefficient (Wildman–Crippen LogP) is 3.62. The zero-order chi connectivity index (χ0) is 14.1. The SMILES string of the molecule is Cc1ccc(C(=O)CSc2nc(N)c3ccsc3n2)s1. The molecule has 0 amide bonds. The van der Waals surface area contributed by atoms with Crippen molar-refractivity contribution in [1.29, 1.82) is 0 Å². The molecule has 3 heterocycles. The quantitative estimate of drug-likeness (QED) is 0.451. The van der Waals surface area contributed by atoms with E-state index in [9.17, 15) is 4.79 Å². The summed E-state index contributed by atoms with van der Waals surface area (Å²) in [6.45, 7) is 1.99. The molecule has 3 aromatic heterocycles. The van der Waals surface area contributed by atoms with E-state index in [1.807, 2.05) is 30.5 Å². The lowest BCUT2D eigenvalue weighted by Crippen LogP contribution is -2.01. The van der Waals surface area contributed by atoms with Crippen molar-refractivity contribution in [2.45, 2.75) is 12.1 Å². The van der Waals surface area contributed by atoms with E-state index in [0.29, 0.717) is 16.7 Å². The van der Waals surface area contributed by atoms with E-state index in [1.54, 1.807) is 0 Å². The largest absolute Gasteiger partial charge is 0.383 e. The van der Waals surface area contributed by atoms with Gasteiger partial charge in [-0.1, -0.05) is 11.8 Å². The van der Waals surface area contributed by atoms with Gasteiger partial charge in [0.2, 0.25) is 0 Å². The van der Waals surface area contributed by atoms with Crippen molar-refractivity contribution in [3.05, 3.63) is 33.3 Å². The van der Waals surface area contributed by atoms with Gasteiger partial charge < -0.3 is 5.73 Å². The Morgan fingerprint density at radius 3 is 2.95 bits per heavy atom. The molecular weight excluding hydrogens is 310 g/mol. The number of hydrogen-bond acceptors (Lipinski definition) is 7. The van der Waals surface area contributed by atoms with Gasteiger partial charge in [-0.25, -0.2) is 9.97 Å². The van der Waals surface area contributed by atoms with Gasteiger partial charge in [-0.2, -0.15) is 0 Å². The topological polar surface area (TPSA) is 68.9 Å². The summed E-state index contributed by atoms with van der Waals surface area (Å²) in [5.41, 5.74) is 5.88. The van der Waals surface area contributed by atoms with Gasteiger partial charge in [0, 0.05) is 4.88 Å². The van der Waals surface area contributed by atoms with Crippen LogP contribution in [0.3, 0.4) is 0 Å². The Labute approximate surface area is 128 Å². The lowest BCUT2D eigenvalue weighted by molar-refractivity contribution is 0.102. The van der Waals surface area contributed by atoms with Crippen LogP contribution >= 0.6 is 34.4 Å². The lowest BCUT2D eigenvalue weighted by atomic mass is 10.3. The van der Waals surface area contributed by atoms with Gasteiger partial charge in [0.25, 0.3) is 0 Å². The Kier molecular flexibility index (Phi) is 3.73. The molecule has 0 atom stereocenters. The number of nitrogens with two attached hydrogens (primary N) is 1. The summed E-state index contributed by atoms with van der Waals surface area (Å²) < 4.78 is 0. The van der Waals surface area contributed by atoms with Crippen LogP contribution in [0.25, 0.3) is 10.2 Å². The third kappa shape index (κ3) is 2.70. The van der Waals surface area contributed by atoms with Gasteiger partial charge in [-0.3, -0.25) is 4.79 Å². The van der Waals surface area contributed by atoms with Crippen LogP contribution in [-0.4, -0.2) is 21.5 Å². The zero-order valence-electron chi connectivity index (χ0n) is 10.6. The van der Waals surface area contributed by atoms with E-state index < -0.39 is 0 Å². The van der Waals surface area contributed by atoms with E-state index in [0.717, 1.165) is 20.0 Å². The minimum atomic E-state index is 0.0987. The smallest absolute Gasteiger partial charge is 0.191 e. The highest BCUT2D eigenvalue weighted by Gasteiger charge is 2.12. The average Bonchev–Trinajstić information content (AvgIpc) is 3.04. The molecule has 0 aliphatic rings. The van der Waals surface area contributed by atoms with Crippen LogP contribution in [0, 0.1) is 6.92 Å². The lowest BCUT2D eigenvalue weighted by Gasteiger charge is -2.01. The fourth-order valence-electron chi connectivity index (χ4n) is 1.71. The predicted molar refractivity (Wildman–Crippen MR) is 85.9 cm³/mol. The third-order valence-electron chi connectivity index (χ3n) is 2.68. The molecule has 4 nitrogen and oxygen atoms in total. The highest BCUT2D eigenvalue weighted by Crippen LogP contribution is 2.27. The van der Waals surface area contributed by atoms with Crippen LogP contribution in [-0.2, 0) is 0 Å². The van der Waals surface area contributed by atoms with Gasteiger partial charge in [0.15, 0.2) is 10.9 Å². The van der Waals surface area contributed by atoms with Crippen LogP contribution in [0.5, 0.6) is 0 Å². The van der Waals surface area contributed by atoms with Crippen molar-refractivity contribution in [2.75, 3.05) is 11.5 Å². The van der Waals surface area contributed by atoms with Crippen LogP contribution in [0.15, 0.2) is 28.7 Å². The number of nitrogen functional groups attached to an aromatic ring is 1. The number of thioether (sulfide) groups is 1. The summed E-state index contributed by atoms with van der Waals surface area (Å²) >= 11 is 4.36. The number of aryl methyl sites for hydroxylation is 1. The van der Waals surface area contributed by atoms with Crippen LogP contribution in [0.4, 0.5) is 5.82 Å². The van der Waals surface area contributed by atoms with Crippen molar-refractivity contribution in [2.24, 2.45) is 0 Å². The number of carbonyl (C=O) groups excluding carboxylic acids is 1. The number of thiophene rings is 2. The van der Waals surface area contributed by atoms with Crippen LogP contribution < -0.4 is 5.73 Å². The normalized spacial score (nSPS) is 11.1. The second-order valence-corrected chi connectivity index (χ2v) is 7.28.